The molecule has 1 fully saturated rings. The van der Waals surface area contributed by atoms with E-state index in [2.05, 4.69) is 0 Å². The molecule has 1 aromatic carbocycles. The van der Waals surface area contributed by atoms with Crippen molar-refractivity contribution in [1.82, 2.24) is 9.73 Å². The molecule has 0 aliphatic carbocycles. The molecule has 1 saturated heterocycles. The van der Waals surface area contributed by atoms with E-state index in [4.69, 9.17) is 5.84 Å². The average Bonchev–Trinajstić information content (AvgIpc) is 2.81. The van der Waals surface area contributed by atoms with Crippen LogP contribution in [0.4, 0.5) is 0 Å². The Morgan fingerprint density at radius 1 is 1.37 bits per heavy atom. The molecular weight excluding hydrogens is 270 g/mol. The molecule has 0 spiro atoms. The number of hydrogen-bond donors (Lipinski definition) is 3. The van der Waals surface area contributed by atoms with Crippen LogP contribution in [0.3, 0.4) is 0 Å². The number of hydrogen-bond acceptors (Lipinski definition) is 5. The number of carbonyl (C=O) groups is 1. The summed E-state index contributed by atoms with van der Waals surface area (Å²) in [4.78, 5) is 11.7. The van der Waals surface area contributed by atoms with Gasteiger partial charge >= 0.3 is 0 Å². The van der Waals surface area contributed by atoms with E-state index in [1.807, 2.05) is 5.43 Å². The predicted octanol–water partition coefficient (Wildman–Crippen LogP) is -1.20. The van der Waals surface area contributed by atoms with Gasteiger partial charge in [0.2, 0.25) is 10.0 Å². The first-order valence-electron chi connectivity index (χ1n) is 5.72. The van der Waals surface area contributed by atoms with Gasteiger partial charge in [0.1, 0.15) is 6.04 Å². The summed E-state index contributed by atoms with van der Waals surface area (Å²) in [5, 5.41) is 9.60. The molecule has 104 valence electrons. The van der Waals surface area contributed by atoms with Crippen molar-refractivity contribution in [2.75, 3.05) is 6.54 Å². The Labute approximate surface area is 111 Å². The minimum absolute atomic E-state index is 0.0368. The van der Waals surface area contributed by atoms with Gasteiger partial charge < -0.3 is 5.11 Å². The summed E-state index contributed by atoms with van der Waals surface area (Å²) in [6.45, 7) is -0.116. The lowest BCUT2D eigenvalue weighted by Gasteiger charge is -2.22. The number of nitrogens with zero attached hydrogens (tertiary/aromatic N) is 1. The lowest BCUT2D eigenvalue weighted by Crippen LogP contribution is -2.47. The number of β-amino-alcohol motifs (C(OH)–C–C–N with tert-alkyl or cyclic N) is 1. The number of nitrogens with two attached hydrogens (primary N) is 1. The smallest absolute Gasteiger partial charge is 0.252 e. The Morgan fingerprint density at radius 3 is 2.58 bits per heavy atom. The van der Waals surface area contributed by atoms with E-state index in [1.165, 1.54) is 12.1 Å². The van der Waals surface area contributed by atoms with Crippen LogP contribution in [-0.2, 0) is 14.8 Å². The number of aliphatic hydroxyl groups excluding tert-OH is 1. The van der Waals surface area contributed by atoms with Gasteiger partial charge in [-0.1, -0.05) is 18.2 Å². The van der Waals surface area contributed by atoms with Crippen molar-refractivity contribution in [2.24, 2.45) is 5.84 Å². The van der Waals surface area contributed by atoms with E-state index >= 15 is 0 Å². The number of nitrogens with one attached hydrogen (secondary N) is 1. The predicted molar refractivity (Wildman–Crippen MR) is 67.1 cm³/mol. The highest BCUT2D eigenvalue weighted by Crippen LogP contribution is 2.26. The zero-order chi connectivity index (χ0) is 14.0. The molecule has 4 N–H and O–H groups in total. The summed E-state index contributed by atoms with van der Waals surface area (Å²) in [5.74, 6) is 4.41. The molecule has 0 saturated carbocycles. The SMILES string of the molecule is NNC(=O)[C@H]1C[C@H](O)CN1S(=O)(=O)c1ccccc1. The van der Waals surface area contributed by atoms with Crippen LogP contribution in [0.5, 0.6) is 0 Å². The van der Waals surface area contributed by atoms with E-state index < -0.39 is 28.1 Å². The van der Waals surface area contributed by atoms with Gasteiger partial charge in [0.05, 0.1) is 11.0 Å². The second-order valence-electron chi connectivity index (χ2n) is 4.30. The lowest BCUT2D eigenvalue weighted by molar-refractivity contribution is -0.124. The molecule has 1 aromatic rings. The first-order chi connectivity index (χ1) is 8.96. The number of aliphatic hydroxyl groups is 1. The molecule has 1 aliphatic heterocycles. The normalized spacial score (nSPS) is 24.3. The van der Waals surface area contributed by atoms with E-state index in [1.54, 1.807) is 18.2 Å². The van der Waals surface area contributed by atoms with E-state index in [-0.39, 0.29) is 17.9 Å². The fourth-order valence-corrected chi connectivity index (χ4v) is 3.77. The fourth-order valence-electron chi connectivity index (χ4n) is 2.11. The monoisotopic (exact) mass is 285 g/mol. The van der Waals surface area contributed by atoms with Crippen molar-refractivity contribution in [3.05, 3.63) is 30.3 Å². The lowest BCUT2D eigenvalue weighted by atomic mass is 10.2. The van der Waals surface area contributed by atoms with Crippen molar-refractivity contribution in [1.29, 1.82) is 0 Å². The number of benzene rings is 1. The largest absolute Gasteiger partial charge is 0.392 e. The van der Waals surface area contributed by atoms with Crippen molar-refractivity contribution in [2.45, 2.75) is 23.5 Å². The third-order valence-electron chi connectivity index (χ3n) is 3.03. The zero-order valence-corrected chi connectivity index (χ0v) is 10.9. The van der Waals surface area contributed by atoms with Gasteiger partial charge in [0, 0.05) is 13.0 Å². The highest BCUT2D eigenvalue weighted by atomic mass is 32.2. The number of hydrazine groups is 1. The van der Waals surface area contributed by atoms with Crippen molar-refractivity contribution in [3.63, 3.8) is 0 Å². The van der Waals surface area contributed by atoms with Crippen LogP contribution in [0, 0.1) is 0 Å². The minimum Gasteiger partial charge on any atom is -0.392 e. The Kier molecular flexibility index (Phi) is 3.85. The third kappa shape index (κ3) is 2.61. The van der Waals surface area contributed by atoms with Gasteiger partial charge in [-0.15, -0.1) is 0 Å². The third-order valence-corrected chi connectivity index (χ3v) is 4.92. The molecular formula is C11H15N3O4S. The maximum absolute atomic E-state index is 12.4. The second-order valence-corrected chi connectivity index (χ2v) is 6.19. The van der Waals surface area contributed by atoms with Gasteiger partial charge in [-0.2, -0.15) is 4.31 Å². The average molecular weight is 285 g/mol. The minimum atomic E-state index is -3.82. The molecule has 2 atom stereocenters. The molecule has 19 heavy (non-hydrogen) atoms. The second kappa shape index (κ2) is 5.25. The van der Waals surface area contributed by atoms with Crippen LogP contribution >= 0.6 is 0 Å². The van der Waals surface area contributed by atoms with Crippen LogP contribution < -0.4 is 11.3 Å². The molecule has 1 heterocycles. The van der Waals surface area contributed by atoms with Gasteiger partial charge in [0.25, 0.3) is 5.91 Å². The number of sulfonamides is 1. The molecule has 2 rings (SSSR count). The summed E-state index contributed by atoms with van der Waals surface area (Å²) in [6, 6.07) is 6.79. The molecule has 0 aromatic heterocycles. The van der Waals surface area contributed by atoms with Crippen molar-refractivity contribution < 1.29 is 18.3 Å². The first-order valence-corrected chi connectivity index (χ1v) is 7.16. The summed E-state index contributed by atoms with van der Waals surface area (Å²) in [7, 11) is -3.82. The van der Waals surface area contributed by atoms with Crippen molar-refractivity contribution >= 4 is 15.9 Å². The Morgan fingerprint density at radius 2 is 2.00 bits per heavy atom. The molecule has 8 heteroatoms. The molecule has 0 unspecified atom stereocenters. The molecule has 0 radical (unpaired) electrons. The number of amides is 1. The van der Waals surface area contributed by atoms with Crippen LogP contribution in [0.1, 0.15) is 6.42 Å². The Hall–Kier alpha value is -1.48. The first kappa shape index (κ1) is 13.9. The molecule has 0 bridgehead atoms. The molecule has 7 nitrogen and oxygen atoms in total. The van der Waals surface area contributed by atoms with Crippen LogP contribution in [0.15, 0.2) is 35.2 Å². The zero-order valence-electron chi connectivity index (χ0n) is 10.1. The summed E-state index contributed by atoms with van der Waals surface area (Å²) < 4.78 is 25.8. The maximum atomic E-state index is 12.4. The van der Waals surface area contributed by atoms with Gasteiger partial charge in [-0.25, -0.2) is 14.3 Å². The van der Waals surface area contributed by atoms with E-state index in [0.29, 0.717) is 0 Å². The summed E-state index contributed by atoms with van der Waals surface area (Å²) >= 11 is 0. The molecule has 1 aliphatic rings. The quantitative estimate of drug-likeness (QED) is 0.367. The number of rotatable bonds is 3. The van der Waals surface area contributed by atoms with Gasteiger partial charge in [-0.05, 0) is 12.1 Å². The van der Waals surface area contributed by atoms with Crippen LogP contribution in [-0.4, -0.2) is 42.4 Å². The fraction of sp³-hybridized carbons (Fsp3) is 0.364. The number of carbonyl (C=O) groups excluding carboxylic acids is 1. The van der Waals surface area contributed by atoms with E-state index in [9.17, 15) is 18.3 Å². The van der Waals surface area contributed by atoms with E-state index in [0.717, 1.165) is 4.31 Å². The summed E-state index contributed by atoms with van der Waals surface area (Å²) in [5.41, 5.74) is 1.92. The van der Waals surface area contributed by atoms with Crippen molar-refractivity contribution in [3.8, 4) is 0 Å². The van der Waals surface area contributed by atoms with Crippen LogP contribution in [0.25, 0.3) is 0 Å². The topological polar surface area (TPSA) is 113 Å². The maximum Gasteiger partial charge on any atom is 0.252 e. The molecule has 1 amide bonds. The van der Waals surface area contributed by atoms with Crippen LogP contribution in [0.2, 0.25) is 0 Å². The van der Waals surface area contributed by atoms with Gasteiger partial charge in [0.15, 0.2) is 0 Å². The Bertz CT molecular complexity index is 561. The van der Waals surface area contributed by atoms with Gasteiger partial charge in [-0.3, -0.25) is 10.2 Å². The standard InChI is InChI=1S/C11H15N3O4S/c12-13-11(16)10-6-8(15)7-14(10)19(17,18)9-4-2-1-3-5-9/h1-5,8,10,15H,6-7,12H2,(H,13,16)/t8-,10+/m0/s1. The highest BCUT2D eigenvalue weighted by molar-refractivity contribution is 7.89. The summed E-state index contributed by atoms with van der Waals surface area (Å²) in [6.07, 6.45) is -0.837. The highest BCUT2D eigenvalue weighted by Gasteiger charge is 2.43. The Balaban J connectivity index is 2.36.